The van der Waals surface area contributed by atoms with E-state index >= 15 is 0 Å². The summed E-state index contributed by atoms with van der Waals surface area (Å²) >= 11 is 4.61. The molecule has 0 amide bonds. The van der Waals surface area contributed by atoms with Crippen molar-refractivity contribution in [2.75, 3.05) is 19.8 Å². The Bertz CT molecular complexity index is 1670. The van der Waals surface area contributed by atoms with Gasteiger partial charge in [0.05, 0.1) is 41.7 Å². The van der Waals surface area contributed by atoms with Gasteiger partial charge < -0.3 is 18.9 Å². The van der Waals surface area contributed by atoms with Crippen molar-refractivity contribution in [1.29, 1.82) is 0 Å². The van der Waals surface area contributed by atoms with E-state index in [9.17, 15) is 14.4 Å². The molecule has 0 unspecified atom stereocenters. The highest BCUT2D eigenvalue weighted by Gasteiger charge is 2.34. The monoisotopic (exact) mass is 628 g/mol. The molecule has 40 heavy (non-hydrogen) atoms. The fourth-order valence-electron chi connectivity index (χ4n) is 4.37. The van der Waals surface area contributed by atoms with Gasteiger partial charge in [-0.15, -0.1) is 0 Å². The van der Waals surface area contributed by atoms with E-state index in [4.69, 9.17) is 18.9 Å². The van der Waals surface area contributed by atoms with Crippen molar-refractivity contribution in [3.8, 4) is 17.2 Å². The van der Waals surface area contributed by atoms with E-state index in [1.165, 1.54) is 22.8 Å². The van der Waals surface area contributed by atoms with Crippen LogP contribution in [0.5, 0.6) is 17.2 Å². The molecule has 1 aliphatic heterocycles. The number of hydrogen-bond acceptors (Lipinski definition) is 9. The summed E-state index contributed by atoms with van der Waals surface area (Å²) in [6.07, 6.45) is 1.65. The number of carbonyl (C=O) groups excluding carboxylic acids is 2. The smallest absolute Gasteiger partial charge is 0.338 e. The molecule has 0 radical (unpaired) electrons. The predicted octanol–water partition coefficient (Wildman–Crippen LogP) is 4.28. The van der Waals surface area contributed by atoms with Gasteiger partial charge in [-0.1, -0.05) is 33.3 Å². The van der Waals surface area contributed by atoms with Crippen LogP contribution in [0, 0.1) is 0 Å². The molecule has 3 aromatic rings. The molecule has 11 heteroatoms. The number of nitrogens with zero attached hydrogens (tertiary/aromatic N) is 2. The molecule has 4 rings (SSSR count). The fourth-order valence-corrected chi connectivity index (χ4v) is 5.78. The Kier molecular flexibility index (Phi) is 9.26. The first-order valence-corrected chi connectivity index (χ1v) is 14.4. The zero-order valence-electron chi connectivity index (χ0n) is 22.8. The average Bonchev–Trinajstić information content (AvgIpc) is 3.20. The number of fused-ring (bicyclic) bond motifs is 1. The topological polar surface area (TPSA) is 105 Å². The standard InChI is InChI=1S/C29H29BrN2O7S/c1-6-36-22-11-9-18(14-23(22)37-7-2)26-25(28(35)38-8-3)16(4)31-29-32(26)27(34)24(40-29)15-19-13-20(30)10-12-21(19)39-17(5)33/h9-15,26H,6-8H2,1-5H3/b24-15-/t26-/m0/s1. The highest BCUT2D eigenvalue weighted by Crippen LogP contribution is 2.36. The van der Waals surface area contributed by atoms with Gasteiger partial charge in [0.15, 0.2) is 16.3 Å². The summed E-state index contributed by atoms with van der Waals surface area (Å²) in [4.78, 5) is 43.9. The molecule has 0 saturated heterocycles. The van der Waals surface area contributed by atoms with Crippen LogP contribution < -0.4 is 29.1 Å². The molecule has 9 nitrogen and oxygen atoms in total. The zero-order chi connectivity index (χ0) is 29.0. The molecule has 0 aliphatic carbocycles. The van der Waals surface area contributed by atoms with Crippen LogP contribution in [0.1, 0.15) is 51.8 Å². The Morgan fingerprint density at radius 2 is 1.73 bits per heavy atom. The molecular weight excluding hydrogens is 600 g/mol. The minimum Gasteiger partial charge on any atom is -0.490 e. The lowest BCUT2D eigenvalue weighted by atomic mass is 9.95. The van der Waals surface area contributed by atoms with Gasteiger partial charge in [-0.2, -0.15) is 0 Å². The van der Waals surface area contributed by atoms with Gasteiger partial charge in [0.1, 0.15) is 5.75 Å². The van der Waals surface area contributed by atoms with Crippen molar-refractivity contribution in [3.05, 3.63) is 83.0 Å². The number of hydrogen-bond donors (Lipinski definition) is 0. The normalized spacial score (nSPS) is 14.8. The molecule has 0 bridgehead atoms. The maximum atomic E-state index is 14.0. The van der Waals surface area contributed by atoms with E-state index in [1.807, 2.05) is 13.8 Å². The lowest BCUT2D eigenvalue weighted by molar-refractivity contribution is -0.139. The Morgan fingerprint density at radius 3 is 2.40 bits per heavy atom. The quantitative estimate of drug-likeness (QED) is 0.257. The molecule has 1 aromatic heterocycles. The second-order valence-corrected chi connectivity index (χ2v) is 10.6. The van der Waals surface area contributed by atoms with Gasteiger partial charge in [-0.3, -0.25) is 14.2 Å². The number of aromatic nitrogens is 1. The van der Waals surface area contributed by atoms with Crippen molar-refractivity contribution in [2.24, 2.45) is 4.99 Å². The predicted molar refractivity (Wildman–Crippen MR) is 155 cm³/mol. The highest BCUT2D eigenvalue weighted by atomic mass is 79.9. The second-order valence-electron chi connectivity index (χ2n) is 8.65. The van der Waals surface area contributed by atoms with E-state index in [-0.39, 0.29) is 17.7 Å². The number of ether oxygens (including phenoxy) is 4. The Hall–Kier alpha value is -3.70. The summed E-state index contributed by atoms with van der Waals surface area (Å²) in [6, 6.07) is 9.68. The van der Waals surface area contributed by atoms with Crippen LogP contribution in [0.2, 0.25) is 0 Å². The van der Waals surface area contributed by atoms with Gasteiger partial charge in [-0.25, -0.2) is 9.79 Å². The van der Waals surface area contributed by atoms with E-state index in [0.29, 0.717) is 56.6 Å². The summed E-state index contributed by atoms with van der Waals surface area (Å²) < 4.78 is 24.9. The van der Waals surface area contributed by atoms with E-state index in [1.54, 1.807) is 56.3 Å². The molecular formula is C29H29BrN2O7S. The van der Waals surface area contributed by atoms with E-state index in [2.05, 4.69) is 20.9 Å². The number of halogens is 1. The fraction of sp³-hybridized carbons (Fsp3) is 0.310. The van der Waals surface area contributed by atoms with Crippen molar-refractivity contribution < 1.29 is 28.5 Å². The van der Waals surface area contributed by atoms with Crippen LogP contribution in [0.4, 0.5) is 0 Å². The summed E-state index contributed by atoms with van der Waals surface area (Å²) in [5.41, 5.74) is 1.53. The minimum atomic E-state index is -0.817. The number of rotatable bonds is 9. The lowest BCUT2D eigenvalue weighted by Gasteiger charge is -2.25. The van der Waals surface area contributed by atoms with Gasteiger partial charge in [0.25, 0.3) is 5.56 Å². The summed E-state index contributed by atoms with van der Waals surface area (Å²) in [6.45, 7) is 9.53. The van der Waals surface area contributed by atoms with Gasteiger partial charge >= 0.3 is 11.9 Å². The van der Waals surface area contributed by atoms with Crippen molar-refractivity contribution in [1.82, 2.24) is 4.57 Å². The van der Waals surface area contributed by atoms with Crippen LogP contribution in [0.3, 0.4) is 0 Å². The number of carbonyl (C=O) groups is 2. The molecule has 1 aliphatic rings. The largest absolute Gasteiger partial charge is 0.490 e. The number of thiazole rings is 1. The Balaban J connectivity index is 1.97. The average molecular weight is 630 g/mol. The maximum absolute atomic E-state index is 14.0. The molecule has 2 aromatic carbocycles. The van der Waals surface area contributed by atoms with Crippen LogP contribution in [0.15, 0.2) is 61.9 Å². The molecule has 0 fully saturated rings. The number of benzene rings is 2. The molecule has 1 atom stereocenters. The van der Waals surface area contributed by atoms with E-state index in [0.717, 1.165) is 4.47 Å². The molecule has 2 heterocycles. The second kappa shape index (κ2) is 12.6. The first-order chi connectivity index (χ1) is 19.2. The summed E-state index contributed by atoms with van der Waals surface area (Å²) in [7, 11) is 0. The van der Waals surface area contributed by atoms with Crippen molar-refractivity contribution in [2.45, 2.75) is 40.7 Å². The first-order valence-electron chi connectivity index (χ1n) is 12.8. The van der Waals surface area contributed by atoms with Crippen LogP contribution >= 0.6 is 27.3 Å². The third-order valence-corrected chi connectivity index (χ3v) is 7.39. The van der Waals surface area contributed by atoms with Gasteiger partial charge in [-0.05, 0) is 69.7 Å². The minimum absolute atomic E-state index is 0.169. The van der Waals surface area contributed by atoms with Crippen molar-refractivity contribution in [3.63, 3.8) is 0 Å². The summed E-state index contributed by atoms with van der Waals surface area (Å²) in [5.74, 6) is 0.343. The highest BCUT2D eigenvalue weighted by molar-refractivity contribution is 9.10. The molecule has 210 valence electrons. The first kappa shape index (κ1) is 29.3. The third-order valence-electron chi connectivity index (χ3n) is 5.91. The van der Waals surface area contributed by atoms with Gasteiger partial charge in [0, 0.05) is 17.0 Å². The Labute approximate surface area is 243 Å². The van der Waals surface area contributed by atoms with Crippen LogP contribution in [0.25, 0.3) is 6.08 Å². The van der Waals surface area contributed by atoms with Crippen LogP contribution in [-0.2, 0) is 14.3 Å². The lowest BCUT2D eigenvalue weighted by Crippen LogP contribution is -2.40. The van der Waals surface area contributed by atoms with E-state index < -0.39 is 18.0 Å². The SMILES string of the molecule is CCOC(=O)C1=C(C)N=c2s/c(=C\c3cc(Br)ccc3OC(C)=O)c(=O)n2[C@H]1c1ccc(OCC)c(OCC)c1. The van der Waals surface area contributed by atoms with Gasteiger partial charge in [0.2, 0.25) is 0 Å². The number of esters is 2. The third kappa shape index (κ3) is 6.05. The maximum Gasteiger partial charge on any atom is 0.338 e. The summed E-state index contributed by atoms with van der Waals surface area (Å²) in [5, 5.41) is 0. The van der Waals surface area contributed by atoms with Crippen molar-refractivity contribution >= 4 is 45.3 Å². The molecule has 0 N–H and O–H groups in total. The van der Waals surface area contributed by atoms with Crippen LogP contribution in [-0.4, -0.2) is 36.3 Å². The molecule has 0 spiro atoms. The molecule has 0 saturated carbocycles. The Morgan fingerprint density at radius 1 is 1.02 bits per heavy atom. The zero-order valence-corrected chi connectivity index (χ0v) is 25.2. The number of allylic oxidation sites excluding steroid dienone is 1.